The van der Waals surface area contributed by atoms with Crippen LogP contribution < -0.4 is 31.1 Å². The van der Waals surface area contributed by atoms with Gasteiger partial charge in [-0.2, -0.15) is 0 Å². The van der Waals surface area contributed by atoms with Gasteiger partial charge in [0.2, 0.25) is 0 Å². The van der Waals surface area contributed by atoms with Crippen molar-refractivity contribution < 1.29 is 51.3 Å². The SMILES string of the molecule is CO[Si](O)(CCCNC(=O)Nc1ccc(N2C(=O)C=CC2=O)cc1)O[Si](O)(CCCNC(=O)Nc1ccc(N2C(=O)C=CC2=O)cc1)OC. The Labute approximate surface area is 283 Å². The highest BCUT2D eigenvalue weighted by molar-refractivity contribution is 6.73. The Hall–Kier alpha value is -5.03. The van der Waals surface area contributed by atoms with Crippen LogP contribution in [0.2, 0.25) is 12.1 Å². The summed E-state index contributed by atoms with van der Waals surface area (Å²) in [5.74, 6) is -1.80. The zero-order valence-corrected chi connectivity index (χ0v) is 28.6. The number of carbonyl (C=O) groups is 6. The maximum atomic E-state index is 12.3. The van der Waals surface area contributed by atoms with Gasteiger partial charge in [0.05, 0.1) is 11.4 Å². The van der Waals surface area contributed by atoms with Crippen LogP contribution >= 0.6 is 0 Å². The average molecular weight is 713 g/mol. The van der Waals surface area contributed by atoms with Crippen LogP contribution in [0, 0.1) is 0 Å². The van der Waals surface area contributed by atoms with E-state index in [0.29, 0.717) is 22.7 Å². The molecule has 8 amide bonds. The van der Waals surface area contributed by atoms with Gasteiger partial charge in [-0.1, -0.05) is 0 Å². The lowest BCUT2D eigenvalue weighted by atomic mass is 10.2. The van der Waals surface area contributed by atoms with Crippen molar-refractivity contribution in [3.8, 4) is 0 Å². The van der Waals surface area contributed by atoms with Gasteiger partial charge in [-0.3, -0.25) is 19.2 Å². The number of imide groups is 2. The van der Waals surface area contributed by atoms with Crippen molar-refractivity contribution in [3.63, 3.8) is 0 Å². The number of anilines is 4. The second-order valence-electron chi connectivity index (χ2n) is 10.7. The van der Waals surface area contributed by atoms with E-state index < -0.39 is 53.3 Å². The summed E-state index contributed by atoms with van der Waals surface area (Å²) in [6.45, 7) is 0.268. The fourth-order valence-electron chi connectivity index (χ4n) is 4.71. The molecular formula is C30H36N6O11Si2. The molecule has 0 aromatic heterocycles. The minimum Gasteiger partial charge on any atom is -0.390 e. The van der Waals surface area contributed by atoms with Crippen LogP contribution in [-0.4, -0.2) is 90.2 Å². The van der Waals surface area contributed by atoms with Crippen LogP contribution in [0.15, 0.2) is 72.8 Å². The molecule has 2 aromatic rings. The van der Waals surface area contributed by atoms with Gasteiger partial charge in [-0.15, -0.1) is 0 Å². The molecule has 19 heteroatoms. The first kappa shape index (κ1) is 36.8. The molecule has 0 saturated carbocycles. The monoisotopic (exact) mass is 712 g/mol. The normalized spacial score (nSPS) is 16.5. The molecule has 2 atom stereocenters. The Balaban J connectivity index is 1.14. The second-order valence-corrected chi connectivity index (χ2v) is 16.2. The van der Waals surface area contributed by atoms with Gasteiger partial charge in [-0.25, -0.2) is 19.4 Å². The summed E-state index contributed by atoms with van der Waals surface area (Å²) in [7, 11) is -5.33. The number of nitrogens with zero attached hydrogens (tertiary/aromatic N) is 2. The molecule has 6 N–H and O–H groups in total. The van der Waals surface area contributed by atoms with Crippen LogP contribution in [0.3, 0.4) is 0 Å². The molecule has 0 radical (unpaired) electrons. The Morgan fingerprint density at radius 3 is 1.24 bits per heavy atom. The topological polar surface area (TPSA) is 225 Å². The highest BCUT2D eigenvalue weighted by atomic mass is 28.5. The average Bonchev–Trinajstić information content (AvgIpc) is 3.60. The fraction of sp³-hybridized carbons (Fsp3) is 0.267. The molecule has 260 valence electrons. The van der Waals surface area contributed by atoms with Gasteiger partial charge < -0.3 is 43.8 Å². The third-order valence-corrected chi connectivity index (χ3v) is 13.1. The Kier molecular flexibility index (Phi) is 12.3. The van der Waals surface area contributed by atoms with Gasteiger partial charge >= 0.3 is 29.7 Å². The van der Waals surface area contributed by atoms with E-state index in [9.17, 15) is 38.4 Å². The van der Waals surface area contributed by atoms with Gasteiger partial charge in [0.15, 0.2) is 0 Å². The minimum atomic E-state index is -3.91. The highest BCUT2D eigenvalue weighted by Gasteiger charge is 2.48. The van der Waals surface area contributed by atoms with Crippen LogP contribution in [0.4, 0.5) is 32.3 Å². The third kappa shape index (κ3) is 9.99. The molecule has 0 bridgehead atoms. The lowest BCUT2D eigenvalue weighted by Gasteiger charge is -2.31. The van der Waals surface area contributed by atoms with Crippen molar-refractivity contribution in [2.75, 3.05) is 47.7 Å². The summed E-state index contributed by atoms with van der Waals surface area (Å²) in [6.07, 6.45) is 5.19. The second kappa shape index (κ2) is 16.4. The van der Waals surface area contributed by atoms with Gasteiger partial charge in [0.25, 0.3) is 23.6 Å². The molecule has 2 unspecified atom stereocenters. The number of nitrogens with one attached hydrogen (secondary N) is 4. The number of hydrogen-bond donors (Lipinski definition) is 6. The van der Waals surface area contributed by atoms with E-state index in [2.05, 4.69) is 21.3 Å². The molecule has 2 aromatic carbocycles. The zero-order valence-electron chi connectivity index (χ0n) is 26.6. The van der Waals surface area contributed by atoms with E-state index in [1.54, 1.807) is 0 Å². The van der Waals surface area contributed by atoms with Crippen LogP contribution in [0.25, 0.3) is 0 Å². The number of hydrogen-bond acceptors (Lipinski definition) is 11. The Bertz CT molecular complexity index is 1480. The summed E-state index contributed by atoms with van der Waals surface area (Å²) in [5.41, 5.74) is 1.58. The summed E-state index contributed by atoms with van der Waals surface area (Å²) < 4.78 is 16.1. The molecule has 4 rings (SSSR count). The minimum absolute atomic E-state index is 0.000880. The van der Waals surface area contributed by atoms with E-state index in [1.807, 2.05) is 0 Å². The van der Waals surface area contributed by atoms with E-state index in [-0.39, 0.29) is 38.0 Å². The zero-order chi connectivity index (χ0) is 35.6. The Morgan fingerprint density at radius 1 is 0.612 bits per heavy atom. The van der Waals surface area contributed by atoms with Gasteiger partial charge in [0, 0.05) is 75.1 Å². The van der Waals surface area contributed by atoms with Crippen LogP contribution in [0.1, 0.15) is 12.8 Å². The maximum absolute atomic E-state index is 12.3. The highest BCUT2D eigenvalue weighted by Crippen LogP contribution is 2.24. The van der Waals surface area contributed by atoms with E-state index in [1.165, 1.54) is 87.1 Å². The summed E-state index contributed by atoms with van der Waals surface area (Å²) in [5, 5.41) is 10.5. The first-order valence-corrected chi connectivity index (χ1v) is 19.0. The lowest BCUT2D eigenvalue weighted by molar-refractivity contribution is -0.121. The lowest BCUT2D eigenvalue weighted by Crippen LogP contribution is -2.55. The first-order valence-electron chi connectivity index (χ1n) is 15.0. The van der Waals surface area contributed by atoms with Crippen molar-refractivity contribution >= 4 is 76.0 Å². The van der Waals surface area contributed by atoms with Crippen molar-refractivity contribution in [3.05, 3.63) is 72.8 Å². The number of carbonyl (C=O) groups excluding carboxylic acids is 6. The molecule has 0 aliphatic carbocycles. The summed E-state index contributed by atoms with van der Waals surface area (Å²) in [4.78, 5) is 95.8. The van der Waals surface area contributed by atoms with E-state index in [4.69, 9.17) is 13.0 Å². The van der Waals surface area contributed by atoms with Crippen LogP contribution in [-0.2, 0) is 32.1 Å². The molecule has 17 nitrogen and oxygen atoms in total. The van der Waals surface area contributed by atoms with Crippen molar-refractivity contribution in [2.45, 2.75) is 24.9 Å². The molecule has 2 aliphatic heterocycles. The fourth-order valence-corrected chi connectivity index (χ4v) is 9.85. The predicted octanol–water partition coefficient (Wildman–Crippen LogP) is 1.44. The smallest absolute Gasteiger partial charge is 0.390 e. The molecule has 2 heterocycles. The largest absolute Gasteiger partial charge is 0.490 e. The number of benzene rings is 2. The molecule has 2 aliphatic rings. The quantitative estimate of drug-likeness (QED) is 0.0830. The Morgan fingerprint density at radius 2 is 0.939 bits per heavy atom. The molecule has 0 fully saturated rings. The van der Waals surface area contributed by atoms with Crippen molar-refractivity contribution in [1.29, 1.82) is 0 Å². The van der Waals surface area contributed by atoms with Crippen LogP contribution in [0.5, 0.6) is 0 Å². The van der Waals surface area contributed by atoms with Gasteiger partial charge in [-0.05, 0) is 61.4 Å². The number of rotatable bonds is 16. The van der Waals surface area contributed by atoms with Crippen molar-refractivity contribution in [2.24, 2.45) is 0 Å². The number of amides is 8. The van der Waals surface area contributed by atoms with Crippen molar-refractivity contribution in [1.82, 2.24) is 10.6 Å². The standard InChI is InChI=1S/C30H36N6O11Si2/c1-45-48(43,19-3-17-31-29(41)33-21-5-9-23(10-6-21)35-25(37)13-14-26(35)38)47-49(44,46-2)20-4-18-32-30(42)34-22-7-11-24(12-8-22)36-27(39)15-16-28(36)40/h5-16,43-44H,3-4,17-20H2,1-2H3,(H2,31,33,41)(H2,32,34,42). The third-order valence-electron chi connectivity index (χ3n) is 7.25. The van der Waals surface area contributed by atoms with E-state index in [0.717, 1.165) is 9.80 Å². The van der Waals surface area contributed by atoms with E-state index >= 15 is 0 Å². The predicted molar refractivity (Wildman–Crippen MR) is 180 cm³/mol. The number of urea groups is 2. The molecule has 49 heavy (non-hydrogen) atoms. The molecular weight excluding hydrogens is 677 g/mol. The summed E-state index contributed by atoms with van der Waals surface area (Å²) in [6, 6.07) is 11.2. The first-order chi connectivity index (χ1) is 23.3. The molecule has 0 saturated heterocycles. The maximum Gasteiger partial charge on any atom is 0.490 e. The summed E-state index contributed by atoms with van der Waals surface area (Å²) >= 11 is 0. The molecule has 0 spiro atoms. The van der Waals surface area contributed by atoms with Gasteiger partial charge in [0.1, 0.15) is 0 Å².